The molecule has 0 saturated carbocycles. The predicted octanol–water partition coefficient (Wildman–Crippen LogP) is 0.684. The summed E-state index contributed by atoms with van der Waals surface area (Å²) in [6, 6.07) is 3.28. The van der Waals surface area contributed by atoms with Crippen LogP contribution < -0.4 is 0 Å². The molecule has 0 aliphatic carbocycles. The van der Waals surface area contributed by atoms with Crippen molar-refractivity contribution < 1.29 is 23.5 Å². The van der Waals surface area contributed by atoms with Gasteiger partial charge in [-0.25, -0.2) is 0 Å². The number of esters is 1. The third-order valence-electron chi connectivity index (χ3n) is 2.78. The summed E-state index contributed by atoms with van der Waals surface area (Å²) in [6.07, 6.45) is 1.29. The maximum absolute atomic E-state index is 12.0. The van der Waals surface area contributed by atoms with E-state index in [-0.39, 0.29) is 24.4 Å². The smallest absolute Gasteiger partial charge is 0.308 e. The number of morpholine rings is 1. The fourth-order valence-electron chi connectivity index (χ4n) is 1.85. The van der Waals surface area contributed by atoms with Gasteiger partial charge >= 0.3 is 5.97 Å². The van der Waals surface area contributed by atoms with Gasteiger partial charge in [0, 0.05) is 13.1 Å². The summed E-state index contributed by atoms with van der Waals surface area (Å²) in [6.45, 7) is 1.28. The molecule has 6 heteroatoms. The number of furan rings is 1. The van der Waals surface area contributed by atoms with Crippen LogP contribution in [0.15, 0.2) is 22.8 Å². The van der Waals surface area contributed by atoms with E-state index in [0.717, 1.165) is 0 Å². The number of ether oxygens (including phenoxy) is 2. The van der Waals surface area contributed by atoms with Gasteiger partial charge in [-0.1, -0.05) is 0 Å². The summed E-state index contributed by atoms with van der Waals surface area (Å²) in [4.78, 5) is 24.8. The van der Waals surface area contributed by atoms with Crippen molar-refractivity contribution in [2.45, 2.75) is 12.5 Å². The lowest BCUT2D eigenvalue weighted by Gasteiger charge is -2.31. The van der Waals surface area contributed by atoms with Gasteiger partial charge in [-0.3, -0.25) is 9.59 Å². The fourth-order valence-corrected chi connectivity index (χ4v) is 1.85. The molecule has 1 amide bonds. The quantitative estimate of drug-likeness (QED) is 0.741. The maximum Gasteiger partial charge on any atom is 0.308 e. The molecule has 6 nitrogen and oxygen atoms in total. The average Bonchev–Trinajstić information content (AvgIpc) is 2.92. The molecular formula is C12H15NO5. The molecule has 0 aromatic carbocycles. The number of carbonyl (C=O) groups is 2. The summed E-state index contributed by atoms with van der Waals surface area (Å²) >= 11 is 0. The third kappa shape index (κ3) is 2.89. The minimum Gasteiger partial charge on any atom is -0.469 e. The molecule has 1 unspecified atom stereocenters. The van der Waals surface area contributed by atoms with Crippen LogP contribution in [0.1, 0.15) is 17.0 Å². The molecule has 1 saturated heterocycles. The fraction of sp³-hybridized carbons (Fsp3) is 0.500. The van der Waals surface area contributed by atoms with E-state index in [1.807, 2.05) is 0 Å². The highest BCUT2D eigenvalue weighted by Crippen LogP contribution is 2.13. The second-order valence-corrected chi connectivity index (χ2v) is 4.00. The Morgan fingerprint density at radius 1 is 1.56 bits per heavy atom. The number of methoxy groups -OCH3 is 1. The van der Waals surface area contributed by atoms with Crippen molar-refractivity contribution in [2.75, 3.05) is 26.8 Å². The normalized spacial score (nSPS) is 19.6. The Balaban J connectivity index is 1.94. The van der Waals surface area contributed by atoms with E-state index in [0.29, 0.717) is 25.5 Å². The van der Waals surface area contributed by atoms with Gasteiger partial charge in [0.1, 0.15) is 0 Å². The molecule has 2 heterocycles. The van der Waals surface area contributed by atoms with Crippen LogP contribution in [0.25, 0.3) is 0 Å². The first-order valence-electron chi connectivity index (χ1n) is 5.72. The van der Waals surface area contributed by atoms with Crippen LogP contribution in [0.3, 0.4) is 0 Å². The lowest BCUT2D eigenvalue weighted by molar-refractivity contribution is -0.145. The zero-order valence-corrected chi connectivity index (χ0v) is 10.1. The first-order chi connectivity index (χ1) is 8.70. The monoisotopic (exact) mass is 253 g/mol. The second-order valence-electron chi connectivity index (χ2n) is 4.00. The van der Waals surface area contributed by atoms with E-state index in [2.05, 4.69) is 4.74 Å². The number of hydrogen-bond acceptors (Lipinski definition) is 5. The SMILES string of the molecule is COC(=O)CC1CN(C(=O)c2ccco2)CCO1. The summed E-state index contributed by atoms with van der Waals surface area (Å²) in [7, 11) is 1.33. The van der Waals surface area contributed by atoms with Gasteiger partial charge in [-0.2, -0.15) is 0 Å². The van der Waals surface area contributed by atoms with Crippen LogP contribution in [0.4, 0.5) is 0 Å². The van der Waals surface area contributed by atoms with Crippen LogP contribution in [-0.2, 0) is 14.3 Å². The first-order valence-corrected chi connectivity index (χ1v) is 5.72. The molecule has 1 aliphatic rings. The van der Waals surface area contributed by atoms with Crippen LogP contribution >= 0.6 is 0 Å². The van der Waals surface area contributed by atoms with Gasteiger partial charge in [0.25, 0.3) is 5.91 Å². The molecule has 0 bridgehead atoms. The molecule has 1 aromatic rings. The van der Waals surface area contributed by atoms with Gasteiger partial charge in [0.2, 0.25) is 0 Å². The van der Waals surface area contributed by atoms with Crippen LogP contribution in [0.2, 0.25) is 0 Å². The maximum atomic E-state index is 12.0. The Bertz CT molecular complexity index is 414. The van der Waals surface area contributed by atoms with Crippen molar-refractivity contribution in [3.63, 3.8) is 0 Å². The second kappa shape index (κ2) is 5.68. The largest absolute Gasteiger partial charge is 0.469 e. The van der Waals surface area contributed by atoms with Gasteiger partial charge in [-0.05, 0) is 12.1 Å². The molecule has 98 valence electrons. The van der Waals surface area contributed by atoms with Crippen molar-refractivity contribution in [3.05, 3.63) is 24.2 Å². The van der Waals surface area contributed by atoms with Crippen molar-refractivity contribution in [1.82, 2.24) is 4.90 Å². The molecular weight excluding hydrogens is 238 g/mol. The molecule has 0 radical (unpaired) electrons. The molecule has 1 fully saturated rings. The van der Waals surface area contributed by atoms with E-state index in [1.165, 1.54) is 13.4 Å². The first kappa shape index (κ1) is 12.6. The van der Waals surface area contributed by atoms with E-state index < -0.39 is 0 Å². The molecule has 1 aromatic heterocycles. The highest BCUT2D eigenvalue weighted by Gasteiger charge is 2.27. The van der Waals surface area contributed by atoms with E-state index >= 15 is 0 Å². The third-order valence-corrected chi connectivity index (χ3v) is 2.78. The highest BCUT2D eigenvalue weighted by atomic mass is 16.5. The standard InChI is InChI=1S/C12H15NO5/c1-16-11(14)7-9-8-13(4-6-17-9)12(15)10-3-2-5-18-10/h2-3,5,9H,4,6-8H2,1H3. The molecule has 1 atom stereocenters. The number of nitrogens with zero attached hydrogens (tertiary/aromatic N) is 1. The lowest BCUT2D eigenvalue weighted by atomic mass is 10.2. The minimum atomic E-state index is -0.340. The Labute approximate surface area is 104 Å². The summed E-state index contributed by atoms with van der Waals surface area (Å²) in [5.74, 6) is -0.223. The molecule has 2 rings (SSSR count). The van der Waals surface area contributed by atoms with Crippen LogP contribution in [0, 0.1) is 0 Å². The number of amides is 1. The Morgan fingerprint density at radius 2 is 2.39 bits per heavy atom. The van der Waals surface area contributed by atoms with Crippen LogP contribution in [0.5, 0.6) is 0 Å². The predicted molar refractivity (Wildman–Crippen MR) is 61.0 cm³/mol. The van der Waals surface area contributed by atoms with E-state index in [9.17, 15) is 9.59 Å². The van der Waals surface area contributed by atoms with Gasteiger partial charge < -0.3 is 18.8 Å². The van der Waals surface area contributed by atoms with Gasteiger partial charge in [0.15, 0.2) is 5.76 Å². The van der Waals surface area contributed by atoms with Crippen LogP contribution in [-0.4, -0.2) is 49.7 Å². The highest BCUT2D eigenvalue weighted by molar-refractivity contribution is 5.91. The van der Waals surface area contributed by atoms with Gasteiger partial charge in [-0.15, -0.1) is 0 Å². The average molecular weight is 253 g/mol. The molecule has 0 N–H and O–H groups in total. The Hall–Kier alpha value is -1.82. The minimum absolute atomic E-state index is 0.151. The topological polar surface area (TPSA) is 69.0 Å². The Kier molecular flexibility index (Phi) is 3.99. The lowest BCUT2D eigenvalue weighted by Crippen LogP contribution is -2.46. The van der Waals surface area contributed by atoms with E-state index in [1.54, 1.807) is 17.0 Å². The number of hydrogen-bond donors (Lipinski definition) is 0. The summed E-state index contributed by atoms with van der Waals surface area (Å²) < 4.78 is 15.1. The van der Waals surface area contributed by atoms with E-state index in [4.69, 9.17) is 9.15 Å². The van der Waals surface area contributed by atoms with Crippen molar-refractivity contribution >= 4 is 11.9 Å². The molecule has 18 heavy (non-hydrogen) atoms. The molecule has 0 spiro atoms. The summed E-state index contributed by atoms with van der Waals surface area (Å²) in [5.41, 5.74) is 0. The summed E-state index contributed by atoms with van der Waals surface area (Å²) in [5, 5.41) is 0. The number of carbonyl (C=O) groups excluding carboxylic acids is 2. The van der Waals surface area contributed by atoms with Crippen molar-refractivity contribution in [2.24, 2.45) is 0 Å². The molecule has 1 aliphatic heterocycles. The zero-order chi connectivity index (χ0) is 13.0. The zero-order valence-electron chi connectivity index (χ0n) is 10.1. The number of rotatable bonds is 3. The van der Waals surface area contributed by atoms with Crippen molar-refractivity contribution in [3.8, 4) is 0 Å². The van der Waals surface area contributed by atoms with Gasteiger partial charge in [0.05, 0.1) is 32.5 Å². The Morgan fingerprint density at radius 3 is 3.06 bits per heavy atom. The van der Waals surface area contributed by atoms with Crippen molar-refractivity contribution in [1.29, 1.82) is 0 Å².